The lowest BCUT2D eigenvalue weighted by Gasteiger charge is -2.34. The molecule has 0 radical (unpaired) electrons. The lowest BCUT2D eigenvalue weighted by Crippen LogP contribution is -2.54. The van der Waals surface area contributed by atoms with Crippen LogP contribution in [0.15, 0.2) is 71.6 Å². The summed E-state index contributed by atoms with van der Waals surface area (Å²) in [4.78, 5) is 28.4. The van der Waals surface area contributed by atoms with Crippen LogP contribution in [-0.4, -0.2) is 43.3 Å². The number of aryl methyl sites for hydroxylation is 2. The Labute approximate surface area is 241 Å². The molecule has 0 fully saturated rings. The van der Waals surface area contributed by atoms with E-state index in [0.29, 0.717) is 16.1 Å². The van der Waals surface area contributed by atoms with Crippen LogP contribution in [-0.2, 0) is 26.2 Å². The second kappa shape index (κ2) is 12.4. The molecule has 3 aromatic carbocycles. The number of nitrogens with one attached hydrogen (secondary N) is 1. The number of anilines is 1. The Morgan fingerprint density at radius 3 is 2.12 bits per heavy atom. The maximum atomic E-state index is 14.0. The van der Waals surface area contributed by atoms with Gasteiger partial charge in [-0.25, -0.2) is 12.8 Å². The lowest BCUT2D eigenvalue weighted by molar-refractivity contribution is -0.140. The summed E-state index contributed by atoms with van der Waals surface area (Å²) in [5.74, 6) is -1.45. The zero-order valence-electron chi connectivity index (χ0n) is 23.5. The second-order valence-corrected chi connectivity index (χ2v) is 13.1. The van der Waals surface area contributed by atoms with E-state index in [0.717, 1.165) is 9.87 Å². The Morgan fingerprint density at radius 1 is 0.975 bits per heavy atom. The normalized spacial score (nSPS) is 12.5. The third-order valence-electron chi connectivity index (χ3n) is 6.25. The Kier molecular flexibility index (Phi) is 9.64. The summed E-state index contributed by atoms with van der Waals surface area (Å²) in [5.41, 5.74) is 1.75. The SMILES string of the molecule is Cc1ccc(S(=O)(=O)N(CC(=O)N(Cc2ccc(F)cc2)C(C)C(=O)NC(C)(C)C)c2ccc(Cl)cc2C)cc1. The van der Waals surface area contributed by atoms with Gasteiger partial charge in [0.2, 0.25) is 11.8 Å². The van der Waals surface area contributed by atoms with Crippen molar-refractivity contribution in [1.29, 1.82) is 0 Å². The number of rotatable bonds is 9. The van der Waals surface area contributed by atoms with Crippen molar-refractivity contribution in [3.63, 3.8) is 0 Å². The van der Waals surface area contributed by atoms with E-state index < -0.39 is 45.8 Å². The highest BCUT2D eigenvalue weighted by Crippen LogP contribution is 2.29. The van der Waals surface area contributed by atoms with Gasteiger partial charge in [0.1, 0.15) is 18.4 Å². The monoisotopic (exact) mass is 587 g/mol. The van der Waals surface area contributed by atoms with Crippen LogP contribution in [0, 0.1) is 19.7 Å². The van der Waals surface area contributed by atoms with Gasteiger partial charge in [-0.15, -0.1) is 0 Å². The molecule has 0 aliphatic heterocycles. The molecule has 214 valence electrons. The van der Waals surface area contributed by atoms with Crippen LogP contribution in [0.3, 0.4) is 0 Å². The summed E-state index contributed by atoms with van der Waals surface area (Å²) in [7, 11) is -4.20. The van der Waals surface area contributed by atoms with Crippen LogP contribution >= 0.6 is 11.6 Å². The van der Waals surface area contributed by atoms with Gasteiger partial charge in [0.15, 0.2) is 0 Å². The molecule has 0 heterocycles. The van der Waals surface area contributed by atoms with E-state index in [1.807, 2.05) is 27.7 Å². The molecule has 3 rings (SSSR count). The van der Waals surface area contributed by atoms with Crippen molar-refractivity contribution in [2.75, 3.05) is 10.8 Å². The zero-order chi connectivity index (χ0) is 29.8. The number of carbonyl (C=O) groups excluding carboxylic acids is 2. The van der Waals surface area contributed by atoms with Gasteiger partial charge in [-0.05, 0) is 95.1 Å². The summed E-state index contributed by atoms with van der Waals surface area (Å²) >= 11 is 6.14. The van der Waals surface area contributed by atoms with E-state index >= 15 is 0 Å². The molecule has 1 atom stereocenters. The van der Waals surface area contributed by atoms with Crippen molar-refractivity contribution in [1.82, 2.24) is 10.2 Å². The molecule has 0 saturated carbocycles. The number of carbonyl (C=O) groups is 2. The fourth-order valence-electron chi connectivity index (χ4n) is 4.09. The number of hydrogen-bond donors (Lipinski definition) is 1. The molecule has 0 saturated heterocycles. The molecule has 3 aromatic rings. The van der Waals surface area contributed by atoms with Crippen LogP contribution in [0.5, 0.6) is 0 Å². The van der Waals surface area contributed by atoms with Gasteiger partial charge in [-0.3, -0.25) is 13.9 Å². The van der Waals surface area contributed by atoms with Crippen LogP contribution < -0.4 is 9.62 Å². The van der Waals surface area contributed by atoms with Crippen molar-refractivity contribution in [2.45, 2.75) is 64.6 Å². The maximum Gasteiger partial charge on any atom is 0.264 e. The summed E-state index contributed by atoms with van der Waals surface area (Å²) < 4.78 is 42.5. The van der Waals surface area contributed by atoms with Crippen LogP contribution in [0.2, 0.25) is 5.02 Å². The first-order chi connectivity index (χ1) is 18.6. The van der Waals surface area contributed by atoms with E-state index in [1.165, 1.54) is 41.3 Å². The summed E-state index contributed by atoms with van der Waals surface area (Å²) in [6, 6.07) is 15.7. The third-order valence-corrected chi connectivity index (χ3v) is 8.26. The first kappa shape index (κ1) is 31.1. The first-order valence-electron chi connectivity index (χ1n) is 12.8. The molecule has 0 bridgehead atoms. The molecular weight excluding hydrogens is 553 g/mol. The summed E-state index contributed by atoms with van der Waals surface area (Å²) in [6.07, 6.45) is 0. The highest BCUT2D eigenvalue weighted by atomic mass is 35.5. The predicted octanol–water partition coefficient (Wildman–Crippen LogP) is 5.62. The molecule has 0 aliphatic rings. The van der Waals surface area contributed by atoms with Crippen LogP contribution in [0.25, 0.3) is 0 Å². The Morgan fingerprint density at radius 2 is 1.57 bits per heavy atom. The van der Waals surface area contributed by atoms with Gasteiger partial charge in [0, 0.05) is 17.1 Å². The van der Waals surface area contributed by atoms with Gasteiger partial charge < -0.3 is 10.2 Å². The Hall–Kier alpha value is -3.43. The summed E-state index contributed by atoms with van der Waals surface area (Å²) in [5, 5.41) is 3.29. The van der Waals surface area contributed by atoms with Gasteiger partial charge >= 0.3 is 0 Å². The molecule has 10 heteroatoms. The molecule has 1 unspecified atom stereocenters. The number of sulfonamides is 1. The highest BCUT2D eigenvalue weighted by Gasteiger charge is 2.34. The van der Waals surface area contributed by atoms with Crippen molar-refractivity contribution in [3.8, 4) is 0 Å². The highest BCUT2D eigenvalue weighted by molar-refractivity contribution is 7.92. The van der Waals surface area contributed by atoms with Crippen molar-refractivity contribution in [2.24, 2.45) is 0 Å². The second-order valence-electron chi connectivity index (χ2n) is 10.8. The molecule has 40 heavy (non-hydrogen) atoms. The van der Waals surface area contributed by atoms with Crippen LogP contribution in [0.1, 0.15) is 44.4 Å². The molecule has 0 spiro atoms. The Bertz CT molecular complexity index is 1470. The fourth-order valence-corrected chi connectivity index (χ4v) is 5.80. The number of amides is 2. The molecular formula is C30H35ClFN3O4S. The minimum atomic E-state index is -4.20. The number of hydrogen-bond acceptors (Lipinski definition) is 4. The third kappa shape index (κ3) is 7.82. The van der Waals surface area contributed by atoms with E-state index in [2.05, 4.69) is 5.32 Å². The average Bonchev–Trinajstić information content (AvgIpc) is 2.86. The molecule has 7 nitrogen and oxygen atoms in total. The van der Waals surface area contributed by atoms with E-state index in [1.54, 1.807) is 44.2 Å². The van der Waals surface area contributed by atoms with Crippen molar-refractivity contribution < 1.29 is 22.4 Å². The first-order valence-corrected chi connectivity index (χ1v) is 14.6. The minimum absolute atomic E-state index is 0.0175. The minimum Gasteiger partial charge on any atom is -0.350 e. The number of halogens is 2. The zero-order valence-corrected chi connectivity index (χ0v) is 25.1. The van der Waals surface area contributed by atoms with E-state index in [-0.39, 0.29) is 17.1 Å². The molecule has 0 aromatic heterocycles. The topological polar surface area (TPSA) is 86.8 Å². The largest absolute Gasteiger partial charge is 0.350 e. The van der Waals surface area contributed by atoms with Gasteiger partial charge in [0.05, 0.1) is 10.6 Å². The smallest absolute Gasteiger partial charge is 0.264 e. The van der Waals surface area contributed by atoms with E-state index in [4.69, 9.17) is 11.6 Å². The van der Waals surface area contributed by atoms with Crippen molar-refractivity contribution >= 4 is 39.1 Å². The van der Waals surface area contributed by atoms with Crippen molar-refractivity contribution in [3.05, 3.63) is 94.3 Å². The lowest BCUT2D eigenvalue weighted by atomic mass is 10.1. The van der Waals surface area contributed by atoms with Gasteiger partial charge in [-0.1, -0.05) is 41.4 Å². The van der Waals surface area contributed by atoms with E-state index in [9.17, 15) is 22.4 Å². The molecule has 1 N–H and O–H groups in total. The predicted molar refractivity (Wildman–Crippen MR) is 156 cm³/mol. The summed E-state index contributed by atoms with van der Waals surface area (Å²) in [6.45, 7) is 9.99. The average molecular weight is 588 g/mol. The maximum absolute atomic E-state index is 14.0. The number of nitrogens with zero attached hydrogens (tertiary/aromatic N) is 2. The molecule has 2 amide bonds. The standard InChI is InChI=1S/C30H35ClFN3O4S/c1-20-7-14-26(15-8-20)40(38,39)35(27-16-11-24(31)17-21(27)2)19-28(36)34(18-23-9-12-25(32)13-10-23)22(3)29(37)33-30(4,5)6/h7-17,22H,18-19H2,1-6H3,(H,33,37). The molecule has 0 aliphatic carbocycles. The van der Waals surface area contributed by atoms with Gasteiger partial charge in [-0.2, -0.15) is 0 Å². The number of benzene rings is 3. The fraction of sp³-hybridized carbons (Fsp3) is 0.333. The van der Waals surface area contributed by atoms with Gasteiger partial charge in [0.25, 0.3) is 10.0 Å². The Balaban J connectivity index is 2.07. The van der Waals surface area contributed by atoms with Crippen LogP contribution in [0.4, 0.5) is 10.1 Å². The quantitative estimate of drug-likeness (QED) is 0.352.